The number of halogens is 2. The maximum Gasteiger partial charge on any atom is 0.191 e. The van der Waals surface area contributed by atoms with Crippen LogP contribution in [0.5, 0.6) is 0 Å². The first-order valence-electron chi connectivity index (χ1n) is 10.1. The Morgan fingerprint density at radius 2 is 1.90 bits per heavy atom. The summed E-state index contributed by atoms with van der Waals surface area (Å²) in [5.41, 5.74) is 3.15. The fraction of sp³-hybridized carbons (Fsp3) is 0.304. The number of hydrogen-bond donors (Lipinski definition) is 2. The summed E-state index contributed by atoms with van der Waals surface area (Å²) in [7, 11) is 0. The van der Waals surface area contributed by atoms with Gasteiger partial charge in [-0.3, -0.25) is 4.68 Å². The minimum Gasteiger partial charge on any atom is -0.357 e. The van der Waals surface area contributed by atoms with Crippen molar-refractivity contribution in [2.45, 2.75) is 38.4 Å². The number of aromatic nitrogens is 2. The van der Waals surface area contributed by atoms with Crippen LogP contribution in [0.2, 0.25) is 0 Å². The van der Waals surface area contributed by atoms with Gasteiger partial charge in [0.1, 0.15) is 5.82 Å². The van der Waals surface area contributed by atoms with Gasteiger partial charge in [-0.05, 0) is 42.2 Å². The Morgan fingerprint density at radius 3 is 2.63 bits per heavy atom. The van der Waals surface area contributed by atoms with Crippen LogP contribution in [0.15, 0.2) is 72.0 Å². The van der Waals surface area contributed by atoms with E-state index in [1.807, 2.05) is 48.1 Å². The zero-order chi connectivity index (χ0) is 20.1. The maximum atomic E-state index is 14.0. The van der Waals surface area contributed by atoms with Crippen LogP contribution in [-0.2, 0) is 13.1 Å². The summed E-state index contributed by atoms with van der Waals surface area (Å²) in [5, 5.41) is 11.1. The minimum absolute atomic E-state index is 0. The number of rotatable bonds is 7. The highest BCUT2D eigenvalue weighted by Gasteiger charge is 2.40. The van der Waals surface area contributed by atoms with Gasteiger partial charge in [0, 0.05) is 30.9 Å². The monoisotopic (exact) mass is 519 g/mol. The predicted octanol–water partition coefficient (Wildman–Crippen LogP) is 4.30. The molecule has 0 aliphatic heterocycles. The standard InChI is InChI=1S/C23H26FN5.HI/c1-2-25-23(28-22-14-20(22)19-10-5-6-11-21(19)24)26-15-17-8-3-4-9-18(17)16-29-13-7-12-27-29;/h3-13,20,22H,2,14-16H2,1H3,(H2,25,26,28);1H. The number of nitrogens with one attached hydrogen (secondary N) is 2. The molecular formula is C23H27FIN5. The summed E-state index contributed by atoms with van der Waals surface area (Å²) in [6.45, 7) is 4.12. The lowest BCUT2D eigenvalue weighted by Gasteiger charge is -2.13. The van der Waals surface area contributed by atoms with Crippen molar-refractivity contribution in [3.8, 4) is 0 Å². The third kappa shape index (κ3) is 5.59. The normalized spacial score (nSPS) is 17.9. The summed E-state index contributed by atoms with van der Waals surface area (Å²) in [4.78, 5) is 4.78. The van der Waals surface area contributed by atoms with Crippen LogP contribution < -0.4 is 10.6 Å². The van der Waals surface area contributed by atoms with Gasteiger partial charge in [0.05, 0.1) is 13.1 Å². The molecule has 0 saturated heterocycles. The number of nitrogens with zero attached hydrogens (tertiary/aromatic N) is 3. The van der Waals surface area contributed by atoms with Gasteiger partial charge in [-0.25, -0.2) is 9.38 Å². The van der Waals surface area contributed by atoms with E-state index in [4.69, 9.17) is 4.99 Å². The Morgan fingerprint density at radius 1 is 1.13 bits per heavy atom. The molecule has 4 rings (SSSR count). The molecule has 2 atom stereocenters. The SMILES string of the molecule is CCNC(=NCc1ccccc1Cn1cccn1)NC1CC1c1ccccc1F.I. The van der Waals surface area contributed by atoms with E-state index in [1.54, 1.807) is 12.3 Å². The molecule has 0 amide bonds. The van der Waals surface area contributed by atoms with Crippen LogP contribution >= 0.6 is 24.0 Å². The van der Waals surface area contributed by atoms with E-state index in [0.29, 0.717) is 6.54 Å². The molecule has 1 aliphatic rings. The zero-order valence-electron chi connectivity index (χ0n) is 17.0. The third-order valence-electron chi connectivity index (χ3n) is 5.18. The first-order valence-corrected chi connectivity index (χ1v) is 10.1. The van der Waals surface area contributed by atoms with Gasteiger partial charge in [0.25, 0.3) is 0 Å². The van der Waals surface area contributed by atoms with Gasteiger partial charge in [-0.1, -0.05) is 42.5 Å². The second kappa shape index (κ2) is 10.6. The highest BCUT2D eigenvalue weighted by Crippen LogP contribution is 2.41. The Kier molecular flexibility index (Phi) is 7.84. The van der Waals surface area contributed by atoms with Gasteiger partial charge >= 0.3 is 0 Å². The Hall–Kier alpha value is -2.42. The van der Waals surface area contributed by atoms with E-state index in [0.717, 1.165) is 31.0 Å². The summed E-state index contributed by atoms with van der Waals surface area (Å²) in [5.74, 6) is 0.841. The van der Waals surface area contributed by atoms with Crippen molar-refractivity contribution in [2.24, 2.45) is 4.99 Å². The Labute approximate surface area is 193 Å². The molecule has 3 aromatic rings. The molecule has 158 valence electrons. The van der Waals surface area contributed by atoms with Gasteiger partial charge in [0.15, 0.2) is 5.96 Å². The van der Waals surface area contributed by atoms with Crippen molar-refractivity contribution >= 4 is 29.9 Å². The molecule has 0 spiro atoms. The lowest BCUT2D eigenvalue weighted by atomic mass is 10.1. The maximum absolute atomic E-state index is 14.0. The van der Waals surface area contributed by atoms with Gasteiger partial charge in [0.2, 0.25) is 0 Å². The predicted molar refractivity (Wildman–Crippen MR) is 129 cm³/mol. The lowest BCUT2D eigenvalue weighted by molar-refractivity contribution is 0.607. The van der Waals surface area contributed by atoms with E-state index in [9.17, 15) is 4.39 Å². The molecule has 1 aliphatic carbocycles. The summed E-state index contributed by atoms with van der Waals surface area (Å²) in [6, 6.07) is 17.5. The molecule has 2 N–H and O–H groups in total. The number of guanidine groups is 1. The molecule has 1 aromatic heterocycles. The quantitative estimate of drug-likeness (QED) is 0.278. The van der Waals surface area contributed by atoms with Crippen molar-refractivity contribution in [3.05, 3.63) is 89.5 Å². The molecular weight excluding hydrogens is 492 g/mol. The Bertz CT molecular complexity index is 973. The van der Waals surface area contributed by atoms with Gasteiger partial charge < -0.3 is 10.6 Å². The van der Waals surface area contributed by atoms with E-state index in [-0.39, 0.29) is 41.8 Å². The van der Waals surface area contributed by atoms with Crippen LogP contribution in [0.25, 0.3) is 0 Å². The smallest absolute Gasteiger partial charge is 0.191 e. The number of hydrogen-bond acceptors (Lipinski definition) is 2. The Balaban J connectivity index is 0.00000256. The molecule has 7 heteroatoms. The summed E-state index contributed by atoms with van der Waals surface area (Å²) in [6.07, 6.45) is 4.67. The lowest BCUT2D eigenvalue weighted by Crippen LogP contribution is -2.39. The van der Waals surface area contributed by atoms with Crippen LogP contribution in [0.1, 0.15) is 36.0 Å². The third-order valence-corrected chi connectivity index (χ3v) is 5.18. The highest BCUT2D eigenvalue weighted by molar-refractivity contribution is 14.0. The molecule has 0 bridgehead atoms. The highest BCUT2D eigenvalue weighted by atomic mass is 127. The molecule has 30 heavy (non-hydrogen) atoms. The van der Waals surface area contributed by atoms with Crippen LogP contribution in [-0.4, -0.2) is 28.3 Å². The average Bonchev–Trinajstić information content (AvgIpc) is 3.29. The number of aliphatic imine (C=N–C) groups is 1. The van der Waals surface area contributed by atoms with Crippen LogP contribution in [0.4, 0.5) is 4.39 Å². The molecule has 2 aromatic carbocycles. The van der Waals surface area contributed by atoms with Crippen molar-refractivity contribution < 1.29 is 4.39 Å². The minimum atomic E-state index is -0.128. The van der Waals surface area contributed by atoms with Crippen LogP contribution in [0.3, 0.4) is 0 Å². The number of benzene rings is 2. The second-order valence-corrected chi connectivity index (χ2v) is 7.28. The molecule has 1 saturated carbocycles. The fourth-order valence-corrected chi connectivity index (χ4v) is 3.57. The van der Waals surface area contributed by atoms with E-state index >= 15 is 0 Å². The van der Waals surface area contributed by atoms with Crippen molar-refractivity contribution in [1.29, 1.82) is 0 Å². The van der Waals surface area contributed by atoms with Gasteiger partial charge in [-0.15, -0.1) is 24.0 Å². The van der Waals surface area contributed by atoms with E-state index in [2.05, 4.69) is 27.9 Å². The first kappa shape index (κ1) is 22.3. The summed E-state index contributed by atoms with van der Waals surface area (Å²) >= 11 is 0. The van der Waals surface area contributed by atoms with E-state index in [1.165, 1.54) is 17.2 Å². The molecule has 5 nitrogen and oxygen atoms in total. The van der Waals surface area contributed by atoms with Crippen molar-refractivity contribution in [3.63, 3.8) is 0 Å². The average molecular weight is 519 g/mol. The first-order chi connectivity index (χ1) is 14.2. The fourth-order valence-electron chi connectivity index (χ4n) is 3.57. The second-order valence-electron chi connectivity index (χ2n) is 7.28. The zero-order valence-corrected chi connectivity index (χ0v) is 19.3. The summed E-state index contributed by atoms with van der Waals surface area (Å²) < 4.78 is 15.9. The molecule has 0 radical (unpaired) electrons. The largest absolute Gasteiger partial charge is 0.357 e. The molecule has 1 heterocycles. The van der Waals surface area contributed by atoms with E-state index < -0.39 is 0 Å². The topological polar surface area (TPSA) is 54.2 Å². The molecule has 2 unspecified atom stereocenters. The van der Waals surface area contributed by atoms with Gasteiger partial charge in [-0.2, -0.15) is 5.10 Å². The van der Waals surface area contributed by atoms with Crippen molar-refractivity contribution in [2.75, 3.05) is 6.54 Å². The van der Waals surface area contributed by atoms with Crippen LogP contribution in [0, 0.1) is 5.82 Å². The molecule has 1 fully saturated rings. The van der Waals surface area contributed by atoms with Crippen molar-refractivity contribution in [1.82, 2.24) is 20.4 Å².